The zero-order valence-corrected chi connectivity index (χ0v) is 36.0. The normalized spacial score (nSPS) is 19.0. The van der Waals surface area contributed by atoms with Crippen molar-refractivity contribution in [3.63, 3.8) is 0 Å². The lowest BCUT2D eigenvalue weighted by molar-refractivity contribution is -0.137. The summed E-state index contributed by atoms with van der Waals surface area (Å²) in [5.74, 6) is 1.29. The van der Waals surface area contributed by atoms with Gasteiger partial charge in [-0.1, -0.05) is 191 Å². The van der Waals surface area contributed by atoms with Crippen LogP contribution in [0.25, 0.3) is 39.1 Å². The SMILES string of the molecule is CC1(C)c2cc(C(F)(F)F)ccc2-c2c1c1c(c3ccccc23)OC(c2ccc(C3CCCCC3)cc2)(c2ccc3c(c2)C(c2ccccc2)(c2ccccc2)c2ccccc2-3)C=C1. The molecule has 0 aromatic heterocycles. The second-order valence-electron chi connectivity index (χ2n) is 18.8. The second kappa shape index (κ2) is 14.2. The molecule has 8 aromatic carbocycles. The molecule has 4 heteroatoms. The first-order chi connectivity index (χ1) is 31.1. The number of ether oxygens (including phenoxy) is 1. The summed E-state index contributed by atoms with van der Waals surface area (Å²) in [6.45, 7) is 4.11. The first kappa shape index (κ1) is 39.0. The van der Waals surface area contributed by atoms with Crippen LogP contribution in [0.5, 0.6) is 5.75 Å². The molecule has 1 unspecified atom stereocenters. The monoisotopic (exact) mass is 840 g/mol. The molecule has 0 spiro atoms. The van der Waals surface area contributed by atoms with Gasteiger partial charge in [0.05, 0.1) is 11.0 Å². The molecule has 0 amide bonds. The number of hydrogen-bond acceptors (Lipinski definition) is 1. The highest BCUT2D eigenvalue weighted by Crippen LogP contribution is 2.61. The third-order valence-corrected chi connectivity index (χ3v) is 15.2. The minimum atomic E-state index is -4.45. The van der Waals surface area contributed by atoms with Gasteiger partial charge in [0.25, 0.3) is 0 Å². The summed E-state index contributed by atoms with van der Waals surface area (Å²) in [7, 11) is 0. The molecule has 1 fully saturated rings. The molecule has 0 radical (unpaired) electrons. The van der Waals surface area contributed by atoms with Crippen molar-refractivity contribution >= 4 is 16.8 Å². The second-order valence-corrected chi connectivity index (χ2v) is 18.8. The molecule has 0 saturated heterocycles. The van der Waals surface area contributed by atoms with E-state index in [1.54, 1.807) is 6.07 Å². The van der Waals surface area contributed by atoms with Crippen molar-refractivity contribution in [2.24, 2.45) is 0 Å². The van der Waals surface area contributed by atoms with E-state index in [2.05, 4.69) is 166 Å². The van der Waals surface area contributed by atoms with E-state index in [1.165, 1.54) is 83.2 Å². The molecule has 1 saturated carbocycles. The Hall–Kier alpha value is -6.65. The Labute approximate surface area is 372 Å². The number of fused-ring (bicyclic) bond motifs is 11. The van der Waals surface area contributed by atoms with E-state index >= 15 is 0 Å². The van der Waals surface area contributed by atoms with Crippen LogP contribution in [-0.2, 0) is 22.6 Å². The Morgan fingerprint density at radius 1 is 0.531 bits per heavy atom. The average molecular weight is 841 g/mol. The summed E-state index contributed by atoms with van der Waals surface area (Å²) in [6.07, 6.45) is 6.21. The number of benzene rings is 8. The largest absolute Gasteiger partial charge is 0.472 e. The molecule has 64 heavy (non-hydrogen) atoms. The van der Waals surface area contributed by atoms with Gasteiger partial charge >= 0.3 is 6.18 Å². The van der Waals surface area contributed by atoms with Gasteiger partial charge in [-0.25, -0.2) is 0 Å². The predicted octanol–water partition coefficient (Wildman–Crippen LogP) is 15.9. The number of alkyl halides is 3. The van der Waals surface area contributed by atoms with Crippen LogP contribution in [0.2, 0.25) is 0 Å². The highest BCUT2D eigenvalue weighted by atomic mass is 19.4. The fourth-order valence-corrected chi connectivity index (χ4v) is 12.2. The summed E-state index contributed by atoms with van der Waals surface area (Å²) >= 11 is 0. The van der Waals surface area contributed by atoms with E-state index in [0.29, 0.717) is 11.5 Å². The van der Waals surface area contributed by atoms with Crippen LogP contribution in [-0.4, -0.2) is 0 Å². The highest BCUT2D eigenvalue weighted by molar-refractivity contribution is 6.08. The van der Waals surface area contributed by atoms with Crippen LogP contribution in [0.1, 0.15) is 113 Å². The van der Waals surface area contributed by atoms with Gasteiger partial charge in [-0.2, -0.15) is 13.2 Å². The van der Waals surface area contributed by atoms with Crippen molar-refractivity contribution in [1.82, 2.24) is 0 Å². The fourth-order valence-electron chi connectivity index (χ4n) is 12.2. The molecular weight excluding hydrogens is 794 g/mol. The first-order valence-corrected chi connectivity index (χ1v) is 22.8. The molecule has 314 valence electrons. The minimum Gasteiger partial charge on any atom is -0.472 e. The van der Waals surface area contributed by atoms with Gasteiger partial charge in [0.15, 0.2) is 5.60 Å². The molecule has 4 aliphatic rings. The van der Waals surface area contributed by atoms with E-state index in [4.69, 9.17) is 4.74 Å². The van der Waals surface area contributed by atoms with Crippen LogP contribution < -0.4 is 4.74 Å². The number of hydrogen-bond donors (Lipinski definition) is 0. The predicted molar refractivity (Wildman–Crippen MR) is 253 cm³/mol. The Balaban J connectivity index is 1.12. The summed E-state index contributed by atoms with van der Waals surface area (Å²) in [5, 5.41) is 1.90. The van der Waals surface area contributed by atoms with E-state index < -0.39 is 28.2 Å². The van der Waals surface area contributed by atoms with Gasteiger partial charge in [-0.05, 0) is 110 Å². The van der Waals surface area contributed by atoms with Gasteiger partial charge in [0, 0.05) is 27.5 Å². The standard InChI is InChI=1S/C60H47F3O/c1-57(2)52-37-44(60(61,62)63)31-33-49(52)54-47-23-12-13-24-48(47)56-50(55(54)57)34-35-58(64-56,40-28-26-39(27-29-40)38-16-6-3-7-17-38)43-30-32-46-45-22-14-15-25-51(45)59(53(46)36-43,41-18-8-4-9-19-41)42-20-10-5-11-21-42/h4-5,8-15,18-38H,3,6-7,16-17H2,1-2H3. The smallest absolute Gasteiger partial charge is 0.416 e. The molecule has 1 atom stereocenters. The van der Waals surface area contributed by atoms with Crippen molar-refractivity contribution in [3.05, 3.63) is 237 Å². The van der Waals surface area contributed by atoms with E-state index in [9.17, 15) is 13.2 Å². The molecule has 1 heterocycles. The molecule has 0 bridgehead atoms. The van der Waals surface area contributed by atoms with Crippen LogP contribution >= 0.6 is 0 Å². The Morgan fingerprint density at radius 2 is 1.14 bits per heavy atom. The lowest BCUT2D eigenvalue weighted by Crippen LogP contribution is -2.36. The third-order valence-electron chi connectivity index (χ3n) is 15.2. The van der Waals surface area contributed by atoms with Crippen LogP contribution in [0.3, 0.4) is 0 Å². The maximum Gasteiger partial charge on any atom is 0.416 e. The number of rotatable bonds is 5. The molecule has 0 N–H and O–H groups in total. The summed E-state index contributed by atoms with van der Waals surface area (Å²) in [6, 6.07) is 59.2. The van der Waals surface area contributed by atoms with Crippen LogP contribution in [0.4, 0.5) is 13.2 Å². The van der Waals surface area contributed by atoms with E-state index in [-0.39, 0.29) is 0 Å². The molecule has 12 rings (SSSR count). The minimum absolute atomic E-state index is 0.548. The van der Waals surface area contributed by atoms with Crippen LogP contribution in [0, 0.1) is 0 Å². The van der Waals surface area contributed by atoms with Crippen molar-refractivity contribution in [2.45, 2.75) is 74.5 Å². The quantitative estimate of drug-likeness (QED) is 0.168. The van der Waals surface area contributed by atoms with Crippen LogP contribution in [0.15, 0.2) is 176 Å². The van der Waals surface area contributed by atoms with Gasteiger partial charge in [0.1, 0.15) is 5.75 Å². The first-order valence-electron chi connectivity index (χ1n) is 22.8. The lowest BCUT2D eigenvalue weighted by Gasteiger charge is -2.40. The summed E-state index contributed by atoms with van der Waals surface area (Å²) < 4.78 is 50.7. The third kappa shape index (κ3) is 5.50. The maximum absolute atomic E-state index is 14.3. The van der Waals surface area contributed by atoms with Crippen molar-refractivity contribution < 1.29 is 17.9 Å². The molecule has 3 aliphatic carbocycles. The van der Waals surface area contributed by atoms with E-state index in [1.807, 2.05) is 12.1 Å². The zero-order chi connectivity index (χ0) is 43.4. The Morgan fingerprint density at radius 3 is 1.84 bits per heavy atom. The van der Waals surface area contributed by atoms with Gasteiger partial charge in [-0.3, -0.25) is 0 Å². The Bertz CT molecular complexity index is 3130. The zero-order valence-electron chi connectivity index (χ0n) is 36.0. The molecule has 8 aromatic rings. The topological polar surface area (TPSA) is 9.23 Å². The Kier molecular flexibility index (Phi) is 8.63. The van der Waals surface area contributed by atoms with Crippen molar-refractivity contribution in [1.29, 1.82) is 0 Å². The average Bonchev–Trinajstić information content (AvgIpc) is 3.77. The van der Waals surface area contributed by atoms with Crippen molar-refractivity contribution in [2.75, 3.05) is 0 Å². The van der Waals surface area contributed by atoms with Gasteiger partial charge in [0.2, 0.25) is 0 Å². The molecule has 1 nitrogen and oxygen atoms in total. The molecular formula is C60H47F3O. The van der Waals surface area contributed by atoms with Gasteiger partial charge in [-0.15, -0.1) is 0 Å². The summed E-state index contributed by atoms with van der Waals surface area (Å²) in [4.78, 5) is 0. The van der Waals surface area contributed by atoms with Crippen molar-refractivity contribution in [3.8, 4) is 28.0 Å². The number of halogens is 3. The fraction of sp³-hybridized carbons (Fsp3) is 0.200. The van der Waals surface area contributed by atoms with Gasteiger partial charge < -0.3 is 4.74 Å². The lowest BCUT2D eigenvalue weighted by atomic mass is 9.67. The highest BCUT2D eigenvalue weighted by Gasteiger charge is 2.49. The van der Waals surface area contributed by atoms with E-state index in [0.717, 1.165) is 49.9 Å². The maximum atomic E-state index is 14.3. The molecule has 1 aliphatic heterocycles. The summed E-state index contributed by atoms with van der Waals surface area (Å²) in [5.41, 5.74) is 12.0.